The van der Waals surface area contributed by atoms with Gasteiger partial charge in [0, 0.05) is 11.6 Å². The van der Waals surface area contributed by atoms with Crippen LogP contribution in [0.3, 0.4) is 0 Å². The van der Waals surface area contributed by atoms with E-state index in [0.29, 0.717) is 0 Å². The van der Waals surface area contributed by atoms with Gasteiger partial charge in [0.15, 0.2) is 0 Å². The largest absolute Gasteiger partial charge is 0.466 e. The average molecular weight is 243 g/mol. The molecule has 2 rings (SSSR count). The molecular formula is C16H21NO. The summed E-state index contributed by atoms with van der Waals surface area (Å²) in [6.07, 6.45) is 0.848. The van der Waals surface area contributed by atoms with E-state index in [4.69, 9.17) is 10.2 Å². The number of rotatable bonds is 3. The van der Waals surface area contributed by atoms with E-state index in [1.54, 1.807) is 0 Å². The van der Waals surface area contributed by atoms with Gasteiger partial charge in [0.25, 0.3) is 0 Å². The lowest BCUT2D eigenvalue weighted by molar-refractivity contribution is 0.497. The summed E-state index contributed by atoms with van der Waals surface area (Å²) in [7, 11) is 0. The lowest BCUT2D eigenvalue weighted by Crippen LogP contribution is -2.13. The maximum absolute atomic E-state index is 6.27. The first-order valence-corrected chi connectivity index (χ1v) is 6.36. The standard InChI is InChI=1S/C16H21NO/c1-10-5-6-14(7-11(10)2)9-16(17)15-8-12(3)18-13(15)4/h5-8,16H,9,17H2,1-4H3. The van der Waals surface area contributed by atoms with Gasteiger partial charge in [0.1, 0.15) is 11.5 Å². The van der Waals surface area contributed by atoms with Crippen LogP contribution in [0.1, 0.15) is 39.8 Å². The third-order valence-corrected chi connectivity index (χ3v) is 3.51. The van der Waals surface area contributed by atoms with Crippen LogP contribution in [0.15, 0.2) is 28.7 Å². The molecule has 0 fully saturated rings. The summed E-state index contributed by atoms with van der Waals surface area (Å²) in [5.41, 5.74) is 11.3. The van der Waals surface area contributed by atoms with Gasteiger partial charge in [0.2, 0.25) is 0 Å². The second-order valence-electron chi connectivity index (χ2n) is 5.10. The summed E-state index contributed by atoms with van der Waals surface area (Å²) in [6, 6.07) is 8.58. The molecule has 1 heterocycles. The van der Waals surface area contributed by atoms with E-state index in [9.17, 15) is 0 Å². The van der Waals surface area contributed by atoms with Crippen LogP contribution < -0.4 is 5.73 Å². The predicted molar refractivity (Wildman–Crippen MR) is 74.7 cm³/mol. The fraction of sp³-hybridized carbons (Fsp3) is 0.375. The fourth-order valence-electron chi connectivity index (χ4n) is 2.31. The number of aryl methyl sites for hydroxylation is 4. The van der Waals surface area contributed by atoms with Crippen molar-refractivity contribution in [1.82, 2.24) is 0 Å². The molecule has 1 unspecified atom stereocenters. The van der Waals surface area contributed by atoms with Gasteiger partial charge in [-0.3, -0.25) is 0 Å². The molecule has 18 heavy (non-hydrogen) atoms. The molecule has 2 heteroatoms. The average Bonchev–Trinajstić information content (AvgIpc) is 2.63. The van der Waals surface area contributed by atoms with E-state index in [1.807, 2.05) is 19.9 Å². The molecule has 1 aromatic carbocycles. The molecule has 2 nitrogen and oxygen atoms in total. The second kappa shape index (κ2) is 4.99. The Balaban J connectivity index is 2.18. The summed E-state index contributed by atoms with van der Waals surface area (Å²) in [5.74, 6) is 1.86. The fourth-order valence-corrected chi connectivity index (χ4v) is 2.31. The number of nitrogens with two attached hydrogens (primary N) is 1. The Morgan fingerprint density at radius 1 is 1.06 bits per heavy atom. The number of benzene rings is 1. The lowest BCUT2D eigenvalue weighted by atomic mass is 9.97. The van der Waals surface area contributed by atoms with Gasteiger partial charge in [-0.15, -0.1) is 0 Å². The molecule has 2 aromatic rings. The van der Waals surface area contributed by atoms with Crippen molar-refractivity contribution < 1.29 is 4.42 Å². The highest BCUT2D eigenvalue weighted by Gasteiger charge is 2.13. The van der Waals surface area contributed by atoms with Gasteiger partial charge in [-0.25, -0.2) is 0 Å². The summed E-state index contributed by atoms with van der Waals surface area (Å²) >= 11 is 0. The van der Waals surface area contributed by atoms with Crippen molar-refractivity contribution in [2.75, 3.05) is 0 Å². The van der Waals surface area contributed by atoms with Crippen molar-refractivity contribution in [3.8, 4) is 0 Å². The predicted octanol–water partition coefficient (Wildman–Crippen LogP) is 3.76. The Kier molecular flexibility index (Phi) is 3.58. The maximum atomic E-state index is 6.27. The SMILES string of the molecule is Cc1cc(C(N)Cc2ccc(C)c(C)c2)c(C)o1. The zero-order valence-electron chi connectivity index (χ0n) is 11.6. The van der Waals surface area contributed by atoms with Gasteiger partial charge in [-0.05, 0) is 56.9 Å². The Labute approximate surface area is 109 Å². The van der Waals surface area contributed by atoms with E-state index in [0.717, 1.165) is 23.5 Å². The van der Waals surface area contributed by atoms with Crippen LogP contribution >= 0.6 is 0 Å². The van der Waals surface area contributed by atoms with Crippen molar-refractivity contribution >= 4 is 0 Å². The first-order chi connectivity index (χ1) is 8.47. The molecule has 0 saturated heterocycles. The molecule has 0 bridgehead atoms. The van der Waals surface area contributed by atoms with Crippen LogP contribution in [-0.2, 0) is 6.42 Å². The number of hydrogen-bond donors (Lipinski definition) is 1. The molecule has 0 aliphatic carbocycles. The Morgan fingerprint density at radius 2 is 1.78 bits per heavy atom. The highest BCUT2D eigenvalue weighted by atomic mass is 16.3. The maximum Gasteiger partial charge on any atom is 0.105 e. The molecule has 0 saturated carbocycles. The first-order valence-electron chi connectivity index (χ1n) is 6.36. The molecule has 0 aliphatic heterocycles. The third-order valence-electron chi connectivity index (χ3n) is 3.51. The molecule has 0 aliphatic rings. The third kappa shape index (κ3) is 2.65. The minimum Gasteiger partial charge on any atom is -0.466 e. The van der Waals surface area contributed by atoms with Gasteiger partial charge < -0.3 is 10.2 Å². The van der Waals surface area contributed by atoms with Crippen molar-refractivity contribution in [3.05, 3.63) is 58.0 Å². The van der Waals surface area contributed by atoms with E-state index >= 15 is 0 Å². The quantitative estimate of drug-likeness (QED) is 0.891. The minimum atomic E-state index is 0.00422. The zero-order valence-corrected chi connectivity index (χ0v) is 11.6. The summed E-state index contributed by atoms with van der Waals surface area (Å²) < 4.78 is 5.54. The second-order valence-corrected chi connectivity index (χ2v) is 5.10. The summed E-state index contributed by atoms with van der Waals surface area (Å²) in [6.45, 7) is 8.20. The zero-order chi connectivity index (χ0) is 13.3. The topological polar surface area (TPSA) is 39.2 Å². The van der Waals surface area contributed by atoms with Crippen molar-refractivity contribution in [1.29, 1.82) is 0 Å². The first kappa shape index (κ1) is 12.9. The number of furan rings is 1. The van der Waals surface area contributed by atoms with Gasteiger partial charge >= 0.3 is 0 Å². The monoisotopic (exact) mass is 243 g/mol. The Morgan fingerprint density at radius 3 is 2.33 bits per heavy atom. The number of hydrogen-bond acceptors (Lipinski definition) is 2. The van der Waals surface area contributed by atoms with Crippen molar-refractivity contribution in [2.45, 2.75) is 40.2 Å². The van der Waals surface area contributed by atoms with Crippen molar-refractivity contribution in [2.24, 2.45) is 5.73 Å². The van der Waals surface area contributed by atoms with Gasteiger partial charge in [-0.2, -0.15) is 0 Å². The molecule has 1 atom stereocenters. The van der Waals surface area contributed by atoms with Crippen molar-refractivity contribution in [3.63, 3.8) is 0 Å². The lowest BCUT2D eigenvalue weighted by Gasteiger charge is -2.12. The Bertz CT molecular complexity index is 554. The summed E-state index contributed by atoms with van der Waals surface area (Å²) in [4.78, 5) is 0. The highest BCUT2D eigenvalue weighted by Crippen LogP contribution is 2.23. The smallest absolute Gasteiger partial charge is 0.105 e. The van der Waals surface area contributed by atoms with Crippen LogP contribution in [0, 0.1) is 27.7 Å². The van der Waals surface area contributed by atoms with E-state index < -0.39 is 0 Å². The molecule has 2 N–H and O–H groups in total. The van der Waals surface area contributed by atoms with Crippen LogP contribution in [0.2, 0.25) is 0 Å². The molecule has 0 amide bonds. The molecule has 96 valence electrons. The molecule has 0 spiro atoms. The van der Waals surface area contributed by atoms with Crippen LogP contribution in [0.5, 0.6) is 0 Å². The normalized spacial score (nSPS) is 12.7. The molecule has 0 radical (unpaired) electrons. The van der Waals surface area contributed by atoms with Crippen LogP contribution in [0.4, 0.5) is 0 Å². The van der Waals surface area contributed by atoms with Crippen LogP contribution in [0.25, 0.3) is 0 Å². The Hall–Kier alpha value is -1.54. The van der Waals surface area contributed by atoms with E-state index in [2.05, 4.69) is 32.0 Å². The molecule has 1 aromatic heterocycles. The van der Waals surface area contributed by atoms with E-state index in [-0.39, 0.29) is 6.04 Å². The highest BCUT2D eigenvalue weighted by molar-refractivity contribution is 5.32. The van der Waals surface area contributed by atoms with E-state index in [1.165, 1.54) is 16.7 Å². The van der Waals surface area contributed by atoms with Gasteiger partial charge in [0.05, 0.1) is 0 Å². The minimum absolute atomic E-state index is 0.00422. The van der Waals surface area contributed by atoms with Crippen LogP contribution in [-0.4, -0.2) is 0 Å². The van der Waals surface area contributed by atoms with Gasteiger partial charge in [-0.1, -0.05) is 18.2 Å². The summed E-state index contributed by atoms with van der Waals surface area (Å²) in [5, 5.41) is 0. The molecular weight excluding hydrogens is 222 g/mol.